The molecule has 0 saturated carbocycles. The average molecular weight is 1150 g/mol. The standard InChI is InChI=1S/C69H55N4O.Pt/c1-68(2,3)48-38-50(71-44-72(63-32-20-19-31-62(63)71)67-59(45-21-9-7-10-22-45)40-49(69(4,5)6)41-60(67)46-23-11-8-12-24-46)42-52(39-48)74-51-33-34-56-55-27-17-18-30-61(55)73(64(56)43-51)65-37-47(35-36-70-65)66-57-28-15-13-25-53(57)54-26-14-16-29-58(54)66;/h7-41,44,66H,1-6H3;/q-3;. The summed E-state index contributed by atoms with van der Waals surface area (Å²) < 4.78 is 9.23. The zero-order chi connectivity index (χ0) is 50.3. The SMILES string of the molecule is CC(C)(C)c1cc(Oc2[c-]c3c(cc2)c2ccccc2n3-c2cc(C3c4ccccc4-c4ccccc43)ccn2)[c-]c(N2[CH-]N(c3c(-c4ccccc4)cc(C(C)(C)C)cc3-c3ccccc3)c3ccccc32)c1.[Pt]. The minimum absolute atomic E-state index is 0. The minimum atomic E-state index is -0.207. The normalized spacial score (nSPS) is 13.2. The second-order valence-corrected chi connectivity index (χ2v) is 21.7. The Balaban J connectivity index is 0.00000569. The molecule has 1 aliphatic heterocycles. The number of hydrogen-bond acceptors (Lipinski definition) is 4. The molecule has 75 heavy (non-hydrogen) atoms. The van der Waals surface area contributed by atoms with Crippen molar-refractivity contribution >= 4 is 44.6 Å². The van der Waals surface area contributed by atoms with E-state index in [1.54, 1.807) is 0 Å². The van der Waals surface area contributed by atoms with Crippen molar-refractivity contribution in [3.05, 3.63) is 259 Å². The van der Waals surface area contributed by atoms with Crippen molar-refractivity contribution < 1.29 is 25.8 Å². The van der Waals surface area contributed by atoms with Crippen LogP contribution in [0.5, 0.6) is 11.5 Å². The summed E-state index contributed by atoms with van der Waals surface area (Å²) in [5.41, 5.74) is 19.2. The second-order valence-electron chi connectivity index (χ2n) is 21.7. The molecule has 13 rings (SSSR count). The molecule has 0 radical (unpaired) electrons. The molecule has 2 aliphatic rings. The smallest absolute Gasteiger partial charge is 0.135 e. The van der Waals surface area contributed by atoms with E-state index in [1.807, 2.05) is 12.3 Å². The third-order valence-corrected chi connectivity index (χ3v) is 14.9. The molecule has 1 aliphatic carbocycles. The third kappa shape index (κ3) is 8.44. The molecule has 5 nitrogen and oxygen atoms in total. The molecule has 11 aromatic rings. The van der Waals surface area contributed by atoms with Crippen molar-refractivity contribution in [1.29, 1.82) is 0 Å². The van der Waals surface area contributed by atoms with Crippen LogP contribution in [0.3, 0.4) is 0 Å². The first-order valence-corrected chi connectivity index (χ1v) is 25.6. The number of fused-ring (bicyclic) bond motifs is 7. The Hall–Kier alpha value is -7.98. The Morgan fingerprint density at radius 1 is 0.493 bits per heavy atom. The molecule has 0 amide bonds. The molecule has 0 saturated heterocycles. The van der Waals surface area contributed by atoms with Crippen LogP contribution in [-0.4, -0.2) is 9.55 Å². The Labute approximate surface area is 455 Å². The Morgan fingerprint density at radius 2 is 1.05 bits per heavy atom. The van der Waals surface area contributed by atoms with Crippen molar-refractivity contribution in [1.82, 2.24) is 9.55 Å². The van der Waals surface area contributed by atoms with E-state index in [1.165, 1.54) is 44.5 Å². The van der Waals surface area contributed by atoms with E-state index in [0.29, 0.717) is 11.5 Å². The van der Waals surface area contributed by atoms with E-state index in [0.717, 1.165) is 67.1 Å². The molecule has 9 aromatic carbocycles. The van der Waals surface area contributed by atoms with Crippen molar-refractivity contribution in [2.24, 2.45) is 0 Å². The maximum Gasteiger partial charge on any atom is 0.135 e. The molecule has 0 atom stereocenters. The van der Waals surface area contributed by atoms with Crippen LogP contribution in [0.15, 0.2) is 212 Å². The topological polar surface area (TPSA) is 33.5 Å². The first-order chi connectivity index (χ1) is 36.0. The molecule has 0 unspecified atom stereocenters. The van der Waals surface area contributed by atoms with Gasteiger partial charge in [0, 0.05) is 78.4 Å². The Morgan fingerprint density at radius 3 is 1.69 bits per heavy atom. The molecule has 370 valence electrons. The summed E-state index contributed by atoms with van der Waals surface area (Å²) in [7, 11) is 0. The van der Waals surface area contributed by atoms with Gasteiger partial charge in [0.2, 0.25) is 0 Å². The Kier molecular flexibility index (Phi) is 12.0. The van der Waals surface area contributed by atoms with Gasteiger partial charge in [-0.2, -0.15) is 6.07 Å². The number of rotatable bonds is 8. The van der Waals surface area contributed by atoms with Crippen LogP contribution in [0.25, 0.3) is 61.0 Å². The van der Waals surface area contributed by atoms with Crippen LogP contribution in [0.1, 0.15) is 75.3 Å². The van der Waals surface area contributed by atoms with Crippen LogP contribution >= 0.6 is 0 Å². The van der Waals surface area contributed by atoms with Gasteiger partial charge in [-0.3, -0.25) is 0 Å². The van der Waals surface area contributed by atoms with Gasteiger partial charge >= 0.3 is 0 Å². The summed E-state index contributed by atoms with van der Waals surface area (Å²) in [5.74, 6) is 2.13. The quantitative estimate of drug-likeness (QED) is 0.142. The summed E-state index contributed by atoms with van der Waals surface area (Å²) in [6.45, 7) is 15.9. The van der Waals surface area contributed by atoms with Crippen LogP contribution in [0.4, 0.5) is 22.7 Å². The number of para-hydroxylation sites is 3. The number of ether oxygens (including phenoxy) is 1. The van der Waals surface area contributed by atoms with Gasteiger partial charge in [-0.25, -0.2) is 4.98 Å². The molecule has 6 heteroatoms. The molecule has 0 fully saturated rings. The molecule has 0 N–H and O–H groups in total. The van der Waals surface area contributed by atoms with Gasteiger partial charge in [-0.15, -0.1) is 53.6 Å². The first kappa shape index (κ1) is 48.0. The summed E-state index contributed by atoms with van der Waals surface area (Å²) in [5, 5.41) is 2.21. The first-order valence-electron chi connectivity index (χ1n) is 25.6. The fourth-order valence-electron chi connectivity index (χ4n) is 11.2. The van der Waals surface area contributed by atoms with Crippen LogP contribution in [-0.2, 0) is 31.9 Å². The van der Waals surface area contributed by atoms with E-state index in [9.17, 15) is 0 Å². The summed E-state index contributed by atoms with van der Waals surface area (Å²) in [6, 6.07) is 81.7. The maximum atomic E-state index is 6.99. The van der Waals surface area contributed by atoms with E-state index >= 15 is 0 Å². The average Bonchev–Trinajstić information content (AvgIpc) is 4.09. The summed E-state index contributed by atoms with van der Waals surface area (Å²) in [4.78, 5) is 9.70. The van der Waals surface area contributed by atoms with Crippen molar-refractivity contribution in [2.75, 3.05) is 9.80 Å². The van der Waals surface area contributed by atoms with Crippen LogP contribution in [0.2, 0.25) is 0 Å². The van der Waals surface area contributed by atoms with E-state index in [-0.39, 0.29) is 37.8 Å². The molecular weight excluding hydrogens is 1100 g/mol. The van der Waals surface area contributed by atoms with Gasteiger partial charge in [0.1, 0.15) is 5.82 Å². The zero-order valence-corrected chi connectivity index (χ0v) is 45.1. The number of pyridine rings is 1. The van der Waals surface area contributed by atoms with Gasteiger partial charge in [-0.05, 0) is 103 Å². The van der Waals surface area contributed by atoms with E-state index in [2.05, 4.69) is 275 Å². The van der Waals surface area contributed by atoms with E-state index < -0.39 is 0 Å². The van der Waals surface area contributed by atoms with Crippen molar-refractivity contribution in [3.63, 3.8) is 0 Å². The predicted octanol–water partition coefficient (Wildman–Crippen LogP) is 18.1. The van der Waals surface area contributed by atoms with Crippen LogP contribution < -0.4 is 14.5 Å². The molecule has 0 bridgehead atoms. The van der Waals surface area contributed by atoms with Gasteiger partial charge in [0.05, 0.1) is 0 Å². The van der Waals surface area contributed by atoms with Crippen molar-refractivity contribution in [3.8, 4) is 50.7 Å². The van der Waals surface area contributed by atoms with Crippen molar-refractivity contribution in [2.45, 2.75) is 58.3 Å². The minimum Gasteiger partial charge on any atom is -0.509 e. The number of anilines is 4. The second kappa shape index (κ2) is 18.7. The molecular formula is C69H55N4OPt-3. The van der Waals surface area contributed by atoms with Gasteiger partial charge in [-0.1, -0.05) is 187 Å². The summed E-state index contributed by atoms with van der Waals surface area (Å²) >= 11 is 0. The van der Waals surface area contributed by atoms with E-state index in [4.69, 9.17) is 9.72 Å². The van der Waals surface area contributed by atoms with Crippen LogP contribution in [0, 0.1) is 18.8 Å². The predicted molar refractivity (Wildman–Crippen MR) is 305 cm³/mol. The number of aromatic nitrogens is 2. The Bertz CT molecular complexity index is 3850. The van der Waals surface area contributed by atoms with Gasteiger partial charge in [0.25, 0.3) is 0 Å². The molecule has 3 heterocycles. The number of benzene rings is 9. The third-order valence-electron chi connectivity index (χ3n) is 14.9. The fourth-order valence-corrected chi connectivity index (χ4v) is 11.2. The fraction of sp³-hybridized carbons (Fsp3) is 0.130. The van der Waals surface area contributed by atoms with Gasteiger partial charge < -0.3 is 19.1 Å². The molecule has 2 aromatic heterocycles. The number of nitrogens with zero attached hydrogens (tertiary/aromatic N) is 4. The molecule has 0 spiro atoms. The zero-order valence-electron chi connectivity index (χ0n) is 42.9. The monoisotopic (exact) mass is 1150 g/mol. The summed E-state index contributed by atoms with van der Waals surface area (Å²) in [6.07, 6.45) is 1.95. The number of hydrogen-bond donors (Lipinski definition) is 0. The largest absolute Gasteiger partial charge is 0.509 e. The maximum absolute atomic E-state index is 6.99. The van der Waals surface area contributed by atoms with Gasteiger partial charge in [0.15, 0.2) is 0 Å².